The lowest BCUT2D eigenvalue weighted by Crippen LogP contribution is -2.58. The minimum absolute atomic E-state index is 0.0234. The van der Waals surface area contributed by atoms with E-state index in [0.717, 1.165) is 5.56 Å². The van der Waals surface area contributed by atoms with Crippen LogP contribution in [0.4, 0.5) is 0 Å². The molecule has 0 saturated heterocycles. The molecular formula is C20H31NO2. The molecule has 1 aliphatic rings. The first-order valence-electron chi connectivity index (χ1n) is 8.63. The lowest BCUT2D eigenvalue weighted by molar-refractivity contribution is -0.549. The van der Waals surface area contributed by atoms with Crippen molar-refractivity contribution in [2.75, 3.05) is 0 Å². The predicted octanol–water partition coefficient (Wildman–Crippen LogP) is 5.37. The molecule has 3 nitrogen and oxygen atoms in total. The van der Waals surface area contributed by atoms with Crippen LogP contribution in [0.5, 0.6) is 0 Å². The maximum absolute atomic E-state index is 12.0. The second-order valence-corrected chi connectivity index (χ2v) is 8.67. The maximum Gasteiger partial charge on any atom is 0.223 e. The van der Waals surface area contributed by atoms with Crippen molar-refractivity contribution in [2.45, 2.75) is 67.3 Å². The third-order valence-electron chi connectivity index (χ3n) is 7.52. The summed E-state index contributed by atoms with van der Waals surface area (Å²) < 4.78 is 0. The van der Waals surface area contributed by atoms with E-state index in [4.69, 9.17) is 0 Å². The highest BCUT2D eigenvalue weighted by atomic mass is 16.6. The Morgan fingerprint density at radius 2 is 1.48 bits per heavy atom. The number of nitrogens with zero attached hydrogens (tertiary/aromatic N) is 1. The second-order valence-electron chi connectivity index (χ2n) is 8.67. The van der Waals surface area contributed by atoms with Crippen molar-refractivity contribution in [3.05, 3.63) is 45.0 Å². The van der Waals surface area contributed by atoms with Gasteiger partial charge >= 0.3 is 0 Å². The number of hydrogen-bond acceptors (Lipinski definition) is 2. The van der Waals surface area contributed by atoms with Gasteiger partial charge in [-0.15, -0.1) is 0 Å². The van der Waals surface area contributed by atoms with Crippen LogP contribution in [-0.4, -0.2) is 11.0 Å². The van der Waals surface area contributed by atoms with Crippen LogP contribution in [-0.2, 0) is 0 Å². The van der Waals surface area contributed by atoms with Crippen LogP contribution in [0.15, 0.2) is 18.2 Å². The molecule has 0 spiro atoms. The summed E-state index contributed by atoms with van der Waals surface area (Å²) in [7, 11) is 0. The molecule has 3 heteroatoms. The molecule has 0 aromatic heterocycles. The number of benzene rings is 1. The second kappa shape index (κ2) is 5.61. The molecule has 0 aliphatic heterocycles. The first-order valence-corrected chi connectivity index (χ1v) is 8.63. The molecular weight excluding hydrogens is 286 g/mol. The van der Waals surface area contributed by atoms with Crippen LogP contribution in [0.25, 0.3) is 0 Å². The first-order chi connectivity index (χ1) is 10.4. The molecule has 1 aromatic carbocycles. The molecule has 0 radical (unpaired) electrons. The van der Waals surface area contributed by atoms with Crippen molar-refractivity contribution in [1.29, 1.82) is 0 Å². The van der Waals surface area contributed by atoms with Crippen LogP contribution in [0.2, 0.25) is 0 Å². The van der Waals surface area contributed by atoms with Crippen molar-refractivity contribution in [2.24, 2.45) is 22.7 Å². The predicted molar refractivity (Wildman–Crippen MR) is 95.3 cm³/mol. The van der Waals surface area contributed by atoms with E-state index in [1.165, 1.54) is 11.1 Å². The molecule has 1 saturated carbocycles. The SMILES string of the molecule is Cc1ccc(C2C([N+](=O)[O-])C(C)C(C)(C)C(C)(C)C2C)cc1C. The number of aryl methyl sites for hydroxylation is 2. The lowest BCUT2D eigenvalue weighted by Gasteiger charge is -2.57. The average Bonchev–Trinajstić information content (AvgIpc) is 2.44. The van der Waals surface area contributed by atoms with Gasteiger partial charge in [0.1, 0.15) is 0 Å². The van der Waals surface area contributed by atoms with Crippen molar-refractivity contribution in [3.63, 3.8) is 0 Å². The van der Waals surface area contributed by atoms with Gasteiger partial charge in [-0.25, -0.2) is 0 Å². The molecule has 0 bridgehead atoms. The zero-order valence-corrected chi connectivity index (χ0v) is 15.8. The largest absolute Gasteiger partial charge is 0.264 e. The van der Waals surface area contributed by atoms with Crippen LogP contribution in [0.3, 0.4) is 0 Å². The Balaban J connectivity index is 2.62. The zero-order valence-electron chi connectivity index (χ0n) is 15.8. The molecule has 23 heavy (non-hydrogen) atoms. The summed E-state index contributed by atoms with van der Waals surface area (Å²) in [5.41, 5.74) is 3.52. The Morgan fingerprint density at radius 3 is 1.96 bits per heavy atom. The van der Waals surface area contributed by atoms with Crippen molar-refractivity contribution >= 4 is 0 Å². The van der Waals surface area contributed by atoms with E-state index < -0.39 is 6.04 Å². The molecule has 0 N–H and O–H groups in total. The standard InChI is InChI=1S/C20H31NO2/c1-12-9-10-16(11-13(12)2)17-14(3)19(5,6)20(7,8)15(4)18(17)21(22)23/h9-11,14-15,17-18H,1-8H3. The van der Waals surface area contributed by atoms with E-state index in [2.05, 4.69) is 73.6 Å². The summed E-state index contributed by atoms with van der Waals surface area (Å²) in [6.07, 6.45) is 0. The Morgan fingerprint density at radius 1 is 0.957 bits per heavy atom. The Bertz CT molecular complexity index is 618. The summed E-state index contributed by atoms with van der Waals surface area (Å²) in [4.78, 5) is 11.9. The Hall–Kier alpha value is -1.38. The number of rotatable bonds is 2. The quantitative estimate of drug-likeness (QED) is 0.543. The fourth-order valence-electron chi connectivity index (χ4n) is 4.43. The fraction of sp³-hybridized carbons (Fsp3) is 0.700. The molecule has 4 atom stereocenters. The molecule has 4 unspecified atom stereocenters. The van der Waals surface area contributed by atoms with Gasteiger partial charge in [0.2, 0.25) is 6.04 Å². The minimum atomic E-state index is -0.532. The summed E-state index contributed by atoms with van der Waals surface area (Å²) in [6.45, 7) is 17.4. The van der Waals surface area contributed by atoms with Gasteiger partial charge in [0.05, 0.1) is 5.92 Å². The highest BCUT2D eigenvalue weighted by Crippen LogP contribution is 2.60. The average molecular weight is 317 g/mol. The summed E-state index contributed by atoms with van der Waals surface area (Å²) in [6, 6.07) is 5.83. The Labute approximate surface area is 140 Å². The lowest BCUT2D eigenvalue weighted by atomic mass is 9.46. The van der Waals surface area contributed by atoms with E-state index in [0.29, 0.717) is 0 Å². The monoisotopic (exact) mass is 317 g/mol. The van der Waals surface area contributed by atoms with E-state index in [9.17, 15) is 10.1 Å². The molecule has 2 rings (SSSR count). The molecule has 0 heterocycles. The third-order valence-corrected chi connectivity index (χ3v) is 7.52. The Kier molecular flexibility index (Phi) is 4.38. The minimum Gasteiger partial charge on any atom is -0.264 e. The molecule has 0 amide bonds. The van der Waals surface area contributed by atoms with E-state index in [-0.39, 0.29) is 33.5 Å². The van der Waals surface area contributed by atoms with Crippen molar-refractivity contribution < 1.29 is 4.92 Å². The van der Waals surface area contributed by atoms with Crippen molar-refractivity contribution in [3.8, 4) is 0 Å². The smallest absolute Gasteiger partial charge is 0.223 e. The zero-order chi connectivity index (χ0) is 17.7. The number of hydrogen-bond donors (Lipinski definition) is 0. The highest BCUT2D eigenvalue weighted by Gasteiger charge is 2.60. The molecule has 1 fully saturated rings. The topological polar surface area (TPSA) is 43.1 Å². The van der Waals surface area contributed by atoms with Crippen molar-refractivity contribution in [1.82, 2.24) is 0 Å². The van der Waals surface area contributed by atoms with Gasteiger partial charge in [-0.1, -0.05) is 59.7 Å². The van der Waals surface area contributed by atoms with Crippen LogP contribution < -0.4 is 0 Å². The first kappa shape index (κ1) is 18.0. The normalized spacial score (nSPS) is 32.5. The summed E-state index contributed by atoms with van der Waals surface area (Å²) in [5, 5.41) is 12.0. The van der Waals surface area contributed by atoms with Gasteiger partial charge in [0.15, 0.2) is 0 Å². The third kappa shape index (κ3) is 2.58. The molecule has 128 valence electrons. The summed E-state index contributed by atoms with van der Waals surface area (Å²) in [5.74, 6) is 0.226. The molecule has 1 aliphatic carbocycles. The van der Waals surface area contributed by atoms with Gasteiger partial charge in [0.25, 0.3) is 0 Å². The maximum atomic E-state index is 12.0. The van der Waals surface area contributed by atoms with E-state index in [1.54, 1.807) is 0 Å². The van der Waals surface area contributed by atoms with E-state index in [1.807, 2.05) is 0 Å². The van der Waals surface area contributed by atoms with E-state index >= 15 is 0 Å². The van der Waals surface area contributed by atoms with Crippen LogP contribution in [0, 0.1) is 46.6 Å². The fourth-order valence-corrected chi connectivity index (χ4v) is 4.43. The molecule has 1 aromatic rings. The highest BCUT2D eigenvalue weighted by molar-refractivity contribution is 5.34. The van der Waals surface area contributed by atoms with Gasteiger partial charge < -0.3 is 0 Å². The van der Waals surface area contributed by atoms with Gasteiger partial charge in [-0.05, 0) is 47.3 Å². The van der Waals surface area contributed by atoms with Gasteiger partial charge in [-0.2, -0.15) is 0 Å². The number of nitro groups is 1. The van der Waals surface area contributed by atoms with Crippen LogP contribution in [0.1, 0.15) is 64.2 Å². The van der Waals surface area contributed by atoms with Gasteiger partial charge in [0, 0.05) is 10.8 Å². The van der Waals surface area contributed by atoms with Gasteiger partial charge in [-0.3, -0.25) is 10.1 Å². The van der Waals surface area contributed by atoms with Crippen LogP contribution >= 0.6 is 0 Å². The summed E-state index contributed by atoms with van der Waals surface area (Å²) >= 11 is 0.